The third-order valence-electron chi connectivity index (χ3n) is 24.6. The average molecular weight is 1450 g/mol. The van der Waals surface area contributed by atoms with Gasteiger partial charge in [0.05, 0.1) is 38.8 Å². The van der Waals surface area contributed by atoms with Crippen molar-refractivity contribution in [3.8, 4) is 72.4 Å². The van der Waals surface area contributed by atoms with Crippen molar-refractivity contribution in [2.45, 2.75) is 110 Å². The number of anilines is 6. The molecule has 4 aliphatic rings. The summed E-state index contributed by atoms with van der Waals surface area (Å²) in [5.74, 6) is 0. The molecule has 2 aliphatic carbocycles. The predicted molar refractivity (Wildman–Crippen MR) is 475 cm³/mol. The van der Waals surface area contributed by atoms with Crippen LogP contribution in [0.5, 0.6) is 0 Å². The van der Waals surface area contributed by atoms with E-state index in [1.54, 1.807) is 4.57 Å². The lowest BCUT2D eigenvalue weighted by atomic mass is 9.33. The van der Waals surface area contributed by atoms with Crippen molar-refractivity contribution >= 4 is 101 Å². The second-order valence-electron chi connectivity index (χ2n) is 35.3. The lowest BCUT2D eigenvalue weighted by Crippen LogP contribution is -2.61. The van der Waals surface area contributed by atoms with Crippen LogP contribution in [0.1, 0.15) is 139 Å². The van der Waals surface area contributed by atoms with Gasteiger partial charge in [0.15, 0.2) is 5.58 Å². The van der Waals surface area contributed by atoms with Crippen LogP contribution in [0.4, 0.5) is 34.1 Å². The highest BCUT2D eigenvalue weighted by Gasteiger charge is 2.53. The SMILES string of the molecule is [2H]c1c([2H])c([2H])c2c(c1[2H])c1c([2H])c([2H])c([2H])c([2H])c1n2-c1ccc2c(c1)N(c1cccc3c1oc1c(-c4cccc5c4-c4ccccc4C54c5ccccc5-c5ccccc54)cccc13)c1cc(C(C)(C)C)cc3c1B2c1ccc(-c2cc(C(C)(C)C)cc(C(C)(C)C)c2)cc1N3c1c(-c2ccccc2)cc(C(C)(C)C)cc1-c1ccccc1. The molecule has 0 saturated carbocycles. The molecule has 0 N–H and O–H groups in total. The maximum absolute atomic E-state index is 9.89. The van der Waals surface area contributed by atoms with Crippen LogP contribution < -0.4 is 26.2 Å². The van der Waals surface area contributed by atoms with Gasteiger partial charge >= 0.3 is 0 Å². The van der Waals surface area contributed by atoms with Crippen LogP contribution in [-0.2, 0) is 27.1 Å². The van der Waals surface area contributed by atoms with E-state index in [9.17, 15) is 8.22 Å². The van der Waals surface area contributed by atoms with Crippen molar-refractivity contribution in [1.29, 1.82) is 0 Å². The summed E-state index contributed by atoms with van der Waals surface area (Å²) in [5, 5.41) is 1.84. The Bertz CT molecular complexity index is 7120. The second-order valence-corrected chi connectivity index (χ2v) is 35.3. The van der Waals surface area contributed by atoms with Crippen LogP contribution in [0.2, 0.25) is 0 Å². The van der Waals surface area contributed by atoms with Crippen LogP contribution in [0, 0.1) is 0 Å². The van der Waals surface area contributed by atoms with E-state index in [0.29, 0.717) is 11.3 Å². The third-order valence-corrected chi connectivity index (χ3v) is 24.6. The van der Waals surface area contributed by atoms with Crippen molar-refractivity contribution in [3.05, 3.63) is 360 Å². The Morgan fingerprint density at radius 2 is 0.768 bits per heavy atom. The molecule has 5 heteroatoms. The summed E-state index contributed by atoms with van der Waals surface area (Å²) >= 11 is 0. The molecule has 4 nitrogen and oxygen atoms in total. The van der Waals surface area contributed by atoms with Crippen LogP contribution in [0.15, 0.2) is 320 Å². The molecule has 17 aromatic rings. The van der Waals surface area contributed by atoms with Crippen molar-refractivity contribution in [1.82, 2.24) is 4.57 Å². The zero-order valence-corrected chi connectivity index (χ0v) is 65.2. The van der Waals surface area contributed by atoms with E-state index in [-0.39, 0.29) is 50.1 Å². The van der Waals surface area contributed by atoms with Gasteiger partial charge in [-0.25, -0.2) is 0 Å². The summed E-state index contributed by atoms with van der Waals surface area (Å²) in [7, 11) is 0. The van der Waals surface area contributed by atoms with E-state index in [0.717, 1.165) is 123 Å². The van der Waals surface area contributed by atoms with E-state index < -0.39 is 53.8 Å². The van der Waals surface area contributed by atoms with Crippen LogP contribution in [0.25, 0.3) is 116 Å². The molecule has 15 aromatic carbocycles. The van der Waals surface area contributed by atoms with Crippen LogP contribution in [0.3, 0.4) is 0 Å². The highest BCUT2D eigenvalue weighted by atomic mass is 16.3. The third kappa shape index (κ3) is 9.94. The Balaban J connectivity index is 0.898. The summed E-state index contributed by atoms with van der Waals surface area (Å²) in [6, 6.07) is 95.0. The van der Waals surface area contributed by atoms with Gasteiger partial charge in [-0.2, -0.15) is 0 Å². The Morgan fingerprint density at radius 3 is 1.36 bits per heavy atom. The molecule has 0 amide bonds. The van der Waals surface area contributed by atoms with Gasteiger partial charge in [-0.1, -0.05) is 338 Å². The van der Waals surface area contributed by atoms with Gasteiger partial charge in [0.25, 0.3) is 6.71 Å². The molecule has 0 atom stereocenters. The smallest absolute Gasteiger partial charge is 0.252 e. The lowest BCUT2D eigenvalue weighted by molar-refractivity contribution is 0.569. The van der Waals surface area contributed by atoms with Crippen molar-refractivity contribution in [2.75, 3.05) is 9.80 Å². The molecule has 0 unspecified atom stereocenters. The average Bonchev–Trinajstić information content (AvgIpc) is 1.40. The largest absolute Gasteiger partial charge is 0.453 e. The van der Waals surface area contributed by atoms with Crippen molar-refractivity contribution < 1.29 is 15.4 Å². The molecular formula is C107H88BN3O. The fourth-order valence-electron chi connectivity index (χ4n) is 19.1. The zero-order chi connectivity index (χ0) is 83.2. The van der Waals surface area contributed by atoms with E-state index in [1.807, 2.05) is 6.07 Å². The van der Waals surface area contributed by atoms with Crippen molar-refractivity contribution in [2.24, 2.45) is 0 Å². The lowest BCUT2D eigenvalue weighted by Gasteiger charge is -2.46. The minimum atomic E-state index is -0.587. The van der Waals surface area contributed by atoms with Crippen molar-refractivity contribution in [3.63, 3.8) is 0 Å². The number of hydrogen-bond donors (Lipinski definition) is 0. The molecule has 1 spiro atoms. The fraction of sp³-hybridized carbons (Fsp3) is 0.159. The minimum Gasteiger partial charge on any atom is -0.453 e. The van der Waals surface area contributed by atoms with Crippen LogP contribution in [-0.4, -0.2) is 11.3 Å². The van der Waals surface area contributed by atoms with E-state index in [1.165, 1.54) is 55.6 Å². The van der Waals surface area contributed by atoms with Crippen LogP contribution >= 0.6 is 0 Å². The molecule has 21 rings (SSSR count). The Morgan fingerprint density at radius 1 is 0.312 bits per heavy atom. The maximum atomic E-state index is 9.89. The molecule has 540 valence electrons. The maximum Gasteiger partial charge on any atom is 0.252 e. The first kappa shape index (κ1) is 59.4. The Hall–Kier alpha value is -12.4. The van der Waals surface area contributed by atoms with Gasteiger partial charge in [0, 0.05) is 66.7 Å². The number of furan rings is 1. The molecule has 0 bridgehead atoms. The predicted octanol–water partition coefficient (Wildman–Crippen LogP) is 27.0. The summed E-state index contributed by atoms with van der Waals surface area (Å²) in [4.78, 5) is 4.97. The molecule has 2 aliphatic heterocycles. The van der Waals surface area contributed by atoms with Gasteiger partial charge in [-0.05, 0) is 193 Å². The second kappa shape index (κ2) is 24.3. The highest BCUT2D eigenvalue weighted by Crippen LogP contribution is 2.65. The molecule has 112 heavy (non-hydrogen) atoms. The zero-order valence-electron chi connectivity index (χ0n) is 73.2. The molecule has 4 heterocycles. The first-order valence-electron chi connectivity index (χ1n) is 43.3. The number of nitrogens with zero attached hydrogens (tertiary/aromatic N) is 3. The quantitative estimate of drug-likeness (QED) is 0.149. The van der Waals surface area contributed by atoms with E-state index in [4.69, 9.17) is 7.16 Å². The Kier molecular flexibility index (Phi) is 12.9. The minimum absolute atomic E-state index is 0.00543. The van der Waals surface area contributed by atoms with E-state index >= 15 is 0 Å². The number of benzene rings is 15. The highest BCUT2D eigenvalue weighted by molar-refractivity contribution is 7.00. The summed E-state index contributed by atoms with van der Waals surface area (Å²) in [5.41, 5.74) is 31.4. The molecular weight excluding hydrogens is 1350 g/mol. The first-order chi connectivity index (χ1) is 57.4. The summed E-state index contributed by atoms with van der Waals surface area (Å²) < 4.78 is 85.5. The fourth-order valence-corrected chi connectivity index (χ4v) is 19.1. The number of rotatable bonds is 7. The van der Waals surface area contributed by atoms with Gasteiger partial charge in [0.2, 0.25) is 0 Å². The first-order valence-corrected chi connectivity index (χ1v) is 39.3. The molecule has 2 aromatic heterocycles. The number of hydrogen-bond acceptors (Lipinski definition) is 3. The van der Waals surface area contributed by atoms with Gasteiger partial charge in [0.1, 0.15) is 5.58 Å². The van der Waals surface area contributed by atoms with E-state index in [2.05, 4.69) is 354 Å². The number of para-hydroxylation sites is 4. The number of fused-ring (bicyclic) bond motifs is 20. The Labute approximate surface area is 669 Å². The van der Waals surface area contributed by atoms with Gasteiger partial charge < -0.3 is 18.8 Å². The summed E-state index contributed by atoms with van der Waals surface area (Å²) in [6.07, 6.45) is 0. The summed E-state index contributed by atoms with van der Waals surface area (Å²) in [6.45, 7) is 27.0. The van der Waals surface area contributed by atoms with Gasteiger partial charge in [-0.3, -0.25) is 0 Å². The normalized spacial score (nSPS) is 14.9. The molecule has 0 fully saturated rings. The molecule has 0 radical (unpaired) electrons. The van der Waals surface area contributed by atoms with Gasteiger partial charge in [-0.15, -0.1) is 0 Å². The monoisotopic (exact) mass is 1450 g/mol. The molecule has 0 saturated heterocycles. The number of aromatic nitrogens is 1. The topological polar surface area (TPSA) is 24.6 Å². The standard InChI is InChI=1S/C107H88BN3O/c1-103(2,3)69-56-68(57-70(59-69)104(4,5)6)67-52-54-89-94(58-67)111(100-83(65-32-15-13-16-33-65)60-71(105(7,8)9)61-84(100)66-34-17-14-18-35-66)97-63-72(106(10,11)12)62-96-99(97)108(89)90-55-53-73(109-91-49-27-22-38-76(91)77-39-23-28-50-92(77)109)64-95(90)110(96)93-51-31-44-81-80-43-29-42-79(101(80)112-102(81)93)78-41-30-48-88-98(78)82-40-21-26-47-87(82)107(88)85-45-24-19-36-74(85)75-37-20-25-46-86(75)107/h13-64H,1-12H3/i22D,23D,27D,28D,38D,39D,49D,50D.